The van der Waals surface area contributed by atoms with E-state index in [1.807, 2.05) is 10.9 Å². The van der Waals surface area contributed by atoms with Gasteiger partial charge in [-0.2, -0.15) is 5.10 Å². The van der Waals surface area contributed by atoms with Crippen LogP contribution in [0, 0.1) is 0 Å². The van der Waals surface area contributed by atoms with Crippen molar-refractivity contribution in [3.63, 3.8) is 0 Å². The first-order chi connectivity index (χ1) is 8.72. The SMILES string of the molecule is CCCNC(CC)C(C)n1cc(OCCC)cn1. The lowest BCUT2D eigenvalue weighted by Gasteiger charge is -2.24. The lowest BCUT2D eigenvalue weighted by molar-refractivity contribution is 0.312. The third-order valence-corrected chi connectivity index (χ3v) is 3.15. The molecule has 0 aliphatic rings. The van der Waals surface area contributed by atoms with Crippen LogP contribution in [0.2, 0.25) is 0 Å². The lowest BCUT2D eigenvalue weighted by Crippen LogP contribution is -2.36. The van der Waals surface area contributed by atoms with Crippen LogP contribution in [0.15, 0.2) is 12.4 Å². The maximum Gasteiger partial charge on any atom is 0.157 e. The number of nitrogens with zero attached hydrogens (tertiary/aromatic N) is 2. The second-order valence-electron chi connectivity index (χ2n) is 4.71. The molecule has 1 N–H and O–H groups in total. The molecule has 0 fully saturated rings. The van der Waals surface area contributed by atoms with Crippen molar-refractivity contribution >= 4 is 0 Å². The Hall–Kier alpha value is -1.03. The Labute approximate surface area is 111 Å². The molecule has 0 aliphatic heterocycles. The van der Waals surface area contributed by atoms with Gasteiger partial charge in [0.1, 0.15) is 0 Å². The van der Waals surface area contributed by atoms with Gasteiger partial charge in [0.05, 0.1) is 25.0 Å². The van der Waals surface area contributed by atoms with Crippen molar-refractivity contribution in [3.8, 4) is 5.75 Å². The number of hydrogen-bond acceptors (Lipinski definition) is 3. The topological polar surface area (TPSA) is 39.1 Å². The summed E-state index contributed by atoms with van der Waals surface area (Å²) in [5.41, 5.74) is 0. The minimum atomic E-state index is 0.348. The van der Waals surface area contributed by atoms with Crippen LogP contribution in [-0.2, 0) is 0 Å². The van der Waals surface area contributed by atoms with Gasteiger partial charge in [0.15, 0.2) is 5.75 Å². The van der Waals surface area contributed by atoms with Gasteiger partial charge in [-0.15, -0.1) is 0 Å². The smallest absolute Gasteiger partial charge is 0.157 e. The molecule has 2 atom stereocenters. The van der Waals surface area contributed by atoms with Crippen LogP contribution in [0.25, 0.3) is 0 Å². The first-order valence-electron chi connectivity index (χ1n) is 7.13. The first-order valence-corrected chi connectivity index (χ1v) is 7.13. The standard InChI is InChI=1S/C14H27N3O/c1-5-8-15-14(7-3)12(4)17-11-13(10-16-17)18-9-6-2/h10-12,14-15H,5-9H2,1-4H3. The van der Waals surface area contributed by atoms with Crippen LogP contribution >= 0.6 is 0 Å². The molecule has 4 nitrogen and oxygen atoms in total. The highest BCUT2D eigenvalue weighted by molar-refractivity contribution is 5.12. The summed E-state index contributed by atoms with van der Waals surface area (Å²) in [7, 11) is 0. The molecule has 2 unspecified atom stereocenters. The van der Waals surface area contributed by atoms with Crippen molar-refractivity contribution in [2.75, 3.05) is 13.2 Å². The molecule has 0 aromatic carbocycles. The summed E-state index contributed by atoms with van der Waals surface area (Å²) in [6, 6.07) is 0.810. The maximum atomic E-state index is 5.58. The molecular weight excluding hydrogens is 226 g/mol. The molecule has 0 bridgehead atoms. The number of rotatable bonds is 9. The van der Waals surface area contributed by atoms with Gasteiger partial charge in [-0.1, -0.05) is 20.8 Å². The summed E-state index contributed by atoms with van der Waals surface area (Å²) >= 11 is 0. The average Bonchev–Trinajstić information content (AvgIpc) is 2.85. The van der Waals surface area contributed by atoms with Gasteiger partial charge < -0.3 is 10.1 Å². The van der Waals surface area contributed by atoms with E-state index in [-0.39, 0.29) is 0 Å². The predicted octanol–water partition coefficient (Wildman–Crippen LogP) is 3.01. The first kappa shape index (κ1) is 15.0. The molecule has 0 saturated carbocycles. The van der Waals surface area contributed by atoms with Gasteiger partial charge in [0.2, 0.25) is 0 Å². The van der Waals surface area contributed by atoms with Crippen molar-refractivity contribution in [1.29, 1.82) is 0 Å². The molecule has 0 spiro atoms. The Morgan fingerprint density at radius 1 is 1.33 bits per heavy atom. The fraction of sp³-hybridized carbons (Fsp3) is 0.786. The van der Waals surface area contributed by atoms with Crippen LogP contribution in [0.3, 0.4) is 0 Å². The molecule has 0 radical (unpaired) electrons. The Morgan fingerprint density at radius 3 is 2.72 bits per heavy atom. The molecule has 1 aromatic heterocycles. The van der Waals surface area contributed by atoms with Crippen molar-refractivity contribution in [2.45, 2.75) is 59.0 Å². The second kappa shape index (κ2) is 8.14. The molecular formula is C14H27N3O. The van der Waals surface area contributed by atoms with Gasteiger partial charge in [0.25, 0.3) is 0 Å². The van der Waals surface area contributed by atoms with Gasteiger partial charge in [-0.05, 0) is 32.7 Å². The maximum absolute atomic E-state index is 5.58. The van der Waals surface area contributed by atoms with Crippen LogP contribution in [0.5, 0.6) is 5.75 Å². The van der Waals surface area contributed by atoms with E-state index in [2.05, 4.69) is 38.1 Å². The van der Waals surface area contributed by atoms with Crippen LogP contribution in [0.4, 0.5) is 0 Å². The molecule has 104 valence electrons. The zero-order chi connectivity index (χ0) is 13.4. The molecule has 1 heterocycles. The highest BCUT2D eigenvalue weighted by Crippen LogP contribution is 2.17. The Morgan fingerprint density at radius 2 is 2.11 bits per heavy atom. The summed E-state index contributed by atoms with van der Waals surface area (Å²) in [6.45, 7) is 10.5. The lowest BCUT2D eigenvalue weighted by atomic mass is 10.1. The second-order valence-corrected chi connectivity index (χ2v) is 4.71. The normalized spacial score (nSPS) is 14.4. The molecule has 0 amide bonds. The third kappa shape index (κ3) is 4.33. The number of ether oxygens (including phenoxy) is 1. The van der Waals surface area contributed by atoms with E-state index in [9.17, 15) is 0 Å². The Bertz CT molecular complexity index is 325. The predicted molar refractivity (Wildman–Crippen MR) is 75.1 cm³/mol. The molecule has 1 rings (SSSR count). The third-order valence-electron chi connectivity index (χ3n) is 3.15. The zero-order valence-corrected chi connectivity index (χ0v) is 12.1. The van der Waals surface area contributed by atoms with Crippen LogP contribution in [-0.4, -0.2) is 29.0 Å². The van der Waals surface area contributed by atoms with Gasteiger partial charge in [-0.25, -0.2) is 0 Å². The minimum Gasteiger partial charge on any atom is -0.490 e. The Kier molecular flexibility index (Phi) is 6.80. The van der Waals surface area contributed by atoms with E-state index in [1.165, 1.54) is 0 Å². The summed E-state index contributed by atoms with van der Waals surface area (Å²) in [6.07, 6.45) is 7.09. The number of nitrogens with one attached hydrogen (secondary N) is 1. The molecule has 0 aliphatic carbocycles. The van der Waals surface area contributed by atoms with E-state index < -0.39 is 0 Å². The molecule has 0 saturated heterocycles. The van der Waals surface area contributed by atoms with E-state index in [1.54, 1.807) is 6.20 Å². The average molecular weight is 253 g/mol. The highest BCUT2D eigenvalue weighted by atomic mass is 16.5. The van der Waals surface area contributed by atoms with Gasteiger partial charge in [0, 0.05) is 6.04 Å². The van der Waals surface area contributed by atoms with Crippen molar-refractivity contribution in [1.82, 2.24) is 15.1 Å². The zero-order valence-electron chi connectivity index (χ0n) is 12.1. The van der Waals surface area contributed by atoms with E-state index in [4.69, 9.17) is 4.74 Å². The van der Waals surface area contributed by atoms with Crippen molar-refractivity contribution in [3.05, 3.63) is 12.4 Å². The largest absolute Gasteiger partial charge is 0.490 e. The van der Waals surface area contributed by atoms with Gasteiger partial charge >= 0.3 is 0 Å². The summed E-state index contributed by atoms with van der Waals surface area (Å²) in [4.78, 5) is 0. The summed E-state index contributed by atoms with van der Waals surface area (Å²) in [5, 5.41) is 7.97. The fourth-order valence-corrected chi connectivity index (χ4v) is 2.01. The Balaban J connectivity index is 2.57. The molecule has 4 heteroatoms. The fourth-order valence-electron chi connectivity index (χ4n) is 2.01. The van der Waals surface area contributed by atoms with E-state index in [0.29, 0.717) is 12.1 Å². The van der Waals surface area contributed by atoms with E-state index >= 15 is 0 Å². The van der Waals surface area contributed by atoms with E-state index in [0.717, 1.165) is 38.2 Å². The quantitative estimate of drug-likeness (QED) is 0.735. The van der Waals surface area contributed by atoms with Crippen LogP contribution < -0.4 is 10.1 Å². The van der Waals surface area contributed by atoms with Crippen LogP contribution in [0.1, 0.15) is 53.0 Å². The summed E-state index contributed by atoms with van der Waals surface area (Å²) in [5.74, 6) is 0.869. The number of hydrogen-bond donors (Lipinski definition) is 1. The highest BCUT2D eigenvalue weighted by Gasteiger charge is 2.17. The molecule has 1 aromatic rings. The van der Waals surface area contributed by atoms with Crippen molar-refractivity contribution < 1.29 is 4.74 Å². The van der Waals surface area contributed by atoms with Gasteiger partial charge in [-0.3, -0.25) is 4.68 Å². The molecule has 18 heavy (non-hydrogen) atoms. The monoisotopic (exact) mass is 253 g/mol. The van der Waals surface area contributed by atoms with Crippen molar-refractivity contribution in [2.24, 2.45) is 0 Å². The summed E-state index contributed by atoms with van der Waals surface area (Å²) < 4.78 is 7.58. The number of aromatic nitrogens is 2. The minimum absolute atomic E-state index is 0.348.